The molecule has 31 heavy (non-hydrogen) atoms. The van der Waals surface area contributed by atoms with Crippen molar-refractivity contribution in [1.29, 1.82) is 0 Å². The highest BCUT2D eigenvalue weighted by Gasteiger charge is 2.40. The van der Waals surface area contributed by atoms with E-state index in [0.717, 1.165) is 4.90 Å². The van der Waals surface area contributed by atoms with Crippen molar-refractivity contribution in [3.05, 3.63) is 24.0 Å². The molecule has 3 heterocycles. The number of amides is 3. The number of ether oxygens (including phenoxy) is 3. The lowest BCUT2D eigenvalue weighted by Gasteiger charge is -2.38. The first kappa shape index (κ1) is 21.5. The second-order valence-electron chi connectivity index (χ2n) is 8.00. The van der Waals surface area contributed by atoms with Gasteiger partial charge in [-0.2, -0.15) is 0 Å². The molecule has 0 aromatic heterocycles. The van der Waals surface area contributed by atoms with E-state index < -0.39 is 35.6 Å². The van der Waals surface area contributed by atoms with Crippen LogP contribution in [0, 0.1) is 5.82 Å². The average Bonchev–Trinajstić information content (AvgIpc) is 3.33. The Morgan fingerprint density at radius 1 is 1.16 bits per heavy atom. The topological polar surface area (TPSA) is 88.6 Å². The van der Waals surface area contributed by atoms with Gasteiger partial charge in [-0.1, -0.05) is 0 Å². The predicted molar refractivity (Wildman–Crippen MR) is 108 cm³/mol. The molecule has 0 N–H and O–H groups in total. The van der Waals surface area contributed by atoms with Crippen LogP contribution in [0.1, 0.15) is 26.7 Å². The minimum absolute atomic E-state index is 0.0346. The van der Waals surface area contributed by atoms with E-state index in [1.54, 1.807) is 12.1 Å². The number of piperidine rings is 1. The summed E-state index contributed by atoms with van der Waals surface area (Å²) >= 11 is 0. The lowest BCUT2D eigenvalue weighted by molar-refractivity contribution is -0.169. The lowest BCUT2D eigenvalue weighted by Crippen LogP contribution is -2.45. The Kier molecular flexibility index (Phi) is 5.85. The zero-order chi connectivity index (χ0) is 22.2. The molecule has 3 saturated heterocycles. The van der Waals surface area contributed by atoms with Crippen LogP contribution in [0.4, 0.5) is 20.6 Å². The number of rotatable bonds is 4. The van der Waals surface area contributed by atoms with Crippen molar-refractivity contribution in [2.75, 3.05) is 49.2 Å². The van der Waals surface area contributed by atoms with Crippen LogP contribution in [0.15, 0.2) is 18.2 Å². The van der Waals surface area contributed by atoms with Gasteiger partial charge in [-0.3, -0.25) is 19.4 Å². The first-order valence-electron chi connectivity index (χ1n) is 10.4. The standard InChI is InChI=1S/C21H26FN3O6/c1-14(26)24(15(2)27)12-17-13-25(20(28)31-17)16-3-4-19(18(22)11-16)23-7-5-21(6-8-23)29-9-10-30-21/h3-4,11,17H,5-10,12-13H2,1-2H3. The largest absolute Gasteiger partial charge is 0.442 e. The Balaban J connectivity index is 1.41. The van der Waals surface area contributed by atoms with Gasteiger partial charge in [0.1, 0.15) is 11.9 Å². The van der Waals surface area contributed by atoms with Crippen molar-refractivity contribution in [3.63, 3.8) is 0 Å². The molecule has 4 rings (SSSR count). The normalized spacial score (nSPS) is 22.7. The minimum atomic E-state index is -0.673. The highest BCUT2D eigenvalue weighted by Crippen LogP contribution is 2.35. The van der Waals surface area contributed by atoms with Crippen LogP contribution in [-0.4, -0.2) is 74.1 Å². The molecular formula is C21H26FN3O6. The second kappa shape index (κ2) is 8.43. The van der Waals surface area contributed by atoms with E-state index in [-0.39, 0.29) is 13.1 Å². The number of cyclic esters (lactones) is 1. The van der Waals surface area contributed by atoms with Gasteiger partial charge in [0.05, 0.1) is 37.7 Å². The van der Waals surface area contributed by atoms with Gasteiger partial charge in [-0.15, -0.1) is 0 Å². The number of carbonyl (C=O) groups is 3. The summed E-state index contributed by atoms with van der Waals surface area (Å²) in [5, 5.41) is 0. The molecule has 9 nitrogen and oxygen atoms in total. The fourth-order valence-corrected chi connectivity index (χ4v) is 4.30. The molecule has 168 valence electrons. The first-order chi connectivity index (χ1) is 14.8. The van der Waals surface area contributed by atoms with Crippen LogP contribution in [0.3, 0.4) is 0 Å². The first-order valence-corrected chi connectivity index (χ1v) is 10.4. The van der Waals surface area contributed by atoms with Crippen molar-refractivity contribution < 1.29 is 33.0 Å². The third-order valence-corrected chi connectivity index (χ3v) is 5.94. The molecule has 0 aliphatic carbocycles. The highest BCUT2D eigenvalue weighted by atomic mass is 19.1. The summed E-state index contributed by atoms with van der Waals surface area (Å²) in [6, 6.07) is 4.62. The van der Waals surface area contributed by atoms with Crippen molar-refractivity contribution in [2.45, 2.75) is 38.6 Å². The van der Waals surface area contributed by atoms with E-state index in [4.69, 9.17) is 14.2 Å². The molecule has 1 aromatic carbocycles. The lowest BCUT2D eigenvalue weighted by atomic mass is 10.0. The average molecular weight is 435 g/mol. The van der Waals surface area contributed by atoms with Crippen LogP contribution in [-0.2, 0) is 23.8 Å². The Morgan fingerprint density at radius 3 is 2.39 bits per heavy atom. The molecule has 3 aliphatic heterocycles. The summed E-state index contributed by atoms with van der Waals surface area (Å²) in [5.41, 5.74) is 0.821. The Morgan fingerprint density at radius 2 is 1.81 bits per heavy atom. The van der Waals surface area contributed by atoms with Gasteiger partial charge in [-0.25, -0.2) is 9.18 Å². The molecule has 3 aliphatic rings. The van der Waals surface area contributed by atoms with E-state index >= 15 is 0 Å². The van der Waals surface area contributed by atoms with Gasteiger partial charge in [0, 0.05) is 39.8 Å². The zero-order valence-corrected chi connectivity index (χ0v) is 17.6. The second-order valence-corrected chi connectivity index (χ2v) is 8.00. The Bertz CT molecular complexity index is 864. The van der Waals surface area contributed by atoms with E-state index in [0.29, 0.717) is 50.5 Å². The number of hydrogen-bond acceptors (Lipinski definition) is 7. The number of nitrogens with zero attached hydrogens (tertiary/aromatic N) is 3. The molecular weight excluding hydrogens is 409 g/mol. The van der Waals surface area contributed by atoms with Gasteiger partial charge in [-0.05, 0) is 18.2 Å². The number of imide groups is 1. The number of halogens is 1. The third-order valence-electron chi connectivity index (χ3n) is 5.94. The Labute approximate surface area is 179 Å². The quantitative estimate of drug-likeness (QED) is 0.714. The van der Waals surface area contributed by atoms with Crippen molar-refractivity contribution in [2.24, 2.45) is 0 Å². The van der Waals surface area contributed by atoms with Gasteiger partial charge >= 0.3 is 6.09 Å². The third kappa shape index (κ3) is 4.35. The monoisotopic (exact) mass is 435 g/mol. The zero-order valence-electron chi connectivity index (χ0n) is 17.6. The summed E-state index contributed by atoms with van der Waals surface area (Å²) in [6.45, 7) is 5.03. The SMILES string of the molecule is CC(=O)N(CC1CN(c2ccc(N3CCC4(CC3)OCCO4)c(F)c2)C(=O)O1)C(C)=O. The number of anilines is 2. The van der Waals surface area contributed by atoms with Gasteiger partial charge in [0.2, 0.25) is 11.8 Å². The van der Waals surface area contributed by atoms with Crippen LogP contribution >= 0.6 is 0 Å². The molecule has 1 unspecified atom stereocenters. The van der Waals surface area contributed by atoms with Crippen LogP contribution in [0.25, 0.3) is 0 Å². The predicted octanol–water partition coefficient (Wildman–Crippen LogP) is 1.89. The summed E-state index contributed by atoms with van der Waals surface area (Å²) < 4.78 is 31.6. The van der Waals surface area contributed by atoms with E-state index in [2.05, 4.69) is 0 Å². The molecule has 1 aromatic rings. The summed E-state index contributed by atoms with van der Waals surface area (Å²) in [5.74, 6) is -1.82. The molecule has 0 saturated carbocycles. The number of carbonyl (C=O) groups excluding carboxylic acids is 3. The fourth-order valence-electron chi connectivity index (χ4n) is 4.30. The molecule has 1 atom stereocenters. The van der Waals surface area contributed by atoms with E-state index in [1.165, 1.54) is 24.8 Å². The van der Waals surface area contributed by atoms with Gasteiger partial charge < -0.3 is 19.1 Å². The number of benzene rings is 1. The van der Waals surface area contributed by atoms with Crippen LogP contribution < -0.4 is 9.80 Å². The molecule has 0 bridgehead atoms. The summed E-state index contributed by atoms with van der Waals surface area (Å²) in [4.78, 5) is 39.8. The highest BCUT2D eigenvalue weighted by molar-refractivity contribution is 5.93. The summed E-state index contributed by atoms with van der Waals surface area (Å²) in [6.07, 6.45) is 0.0150. The molecule has 3 amide bonds. The number of hydrogen-bond donors (Lipinski definition) is 0. The van der Waals surface area contributed by atoms with Crippen molar-refractivity contribution in [3.8, 4) is 0 Å². The van der Waals surface area contributed by atoms with Gasteiger partial charge in [0.25, 0.3) is 0 Å². The maximum Gasteiger partial charge on any atom is 0.414 e. The smallest absolute Gasteiger partial charge is 0.414 e. The minimum Gasteiger partial charge on any atom is -0.442 e. The van der Waals surface area contributed by atoms with Crippen LogP contribution in [0.5, 0.6) is 0 Å². The van der Waals surface area contributed by atoms with Gasteiger partial charge in [0.15, 0.2) is 5.79 Å². The van der Waals surface area contributed by atoms with Crippen molar-refractivity contribution >= 4 is 29.3 Å². The van der Waals surface area contributed by atoms with Crippen LogP contribution in [0.2, 0.25) is 0 Å². The maximum absolute atomic E-state index is 14.9. The summed E-state index contributed by atoms with van der Waals surface area (Å²) in [7, 11) is 0. The fraction of sp³-hybridized carbons (Fsp3) is 0.571. The maximum atomic E-state index is 14.9. The molecule has 1 spiro atoms. The van der Waals surface area contributed by atoms with E-state index in [9.17, 15) is 18.8 Å². The Hall–Kier alpha value is -2.72. The molecule has 0 radical (unpaired) electrons. The molecule has 3 fully saturated rings. The molecule has 10 heteroatoms. The van der Waals surface area contributed by atoms with E-state index in [1.807, 2.05) is 4.90 Å². The van der Waals surface area contributed by atoms with Crippen molar-refractivity contribution in [1.82, 2.24) is 4.90 Å².